The SMILES string of the molecule is CC(NS(=O)(=O)CC1(C)CCCCC1)C(=O)O. The Labute approximate surface area is 103 Å². The second-order valence-electron chi connectivity index (χ2n) is 5.31. The molecular formula is C11H21NO4S. The number of sulfonamides is 1. The Bertz CT molecular complexity index is 371. The van der Waals surface area contributed by atoms with Crippen molar-refractivity contribution in [3.05, 3.63) is 0 Å². The van der Waals surface area contributed by atoms with Gasteiger partial charge in [-0.25, -0.2) is 13.1 Å². The fraction of sp³-hybridized carbons (Fsp3) is 0.909. The average molecular weight is 263 g/mol. The number of hydrogen-bond acceptors (Lipinski definition) is 3. The predicted molar refractivity (Wildman–Crippen MR) is 65.2 cm³/mol. The lowest BCUT2D eigenvalue weighted by Crippen LogP contribution is -2.43. The highest BCUT2D eigenvalue weighted by Gasteiger charge is 2.33. The molecule has 1 unspecified atom stereocenters. The van der Waals surface area contributed by atoms with Gasteiger partial charge in [-0.05, 0) is 25.2 Å². The lowest BCUT2D eigenvalue weighted by atomic mass is 9.77. The van der Waals surface area contributed by atoms with Gasteiger partial charge in [-0.1, -0.05) is 26.2 Å². The van der Waals surface area contributed by atoms with Crippen LogP contribution in [0.15, 0.2) is 0 Å². The van der Waals surface area contributed by atoms with Gasteiger partial charge in [-0.2, -0.15) is 0 Å². The first-order valence-corrected chi connectivity index (χ1v) is 7.62. The fourth-order valence-electron chi connectivity index (χ4n) is 2.37. The maximum atomic E-state index is 11.8. The molecule has 1 aliphatic carbocycles. The van der Waals surface area contributed by atoms with Gasteiger partial charge >= 0.3 is 5.97 Å². The molecule has 0 aromatic rings. The van der Waals surface area contributed by atoms with E-state index in [2.05, 4.69) is 4.72 Å². The van der Waals surface area contributed by atoms with Crippen LogP contribution in [0.25, 0.3) is 0 Å². The van der Waals surface area contributed by atoms with Crippen molar-refractivity contribution in [1.29, 1.82) is 0 Å². The van der Waals surface area contributed by atoms with E-state index in [4.69, 9.17) is 5.11 Å². The quantitative estimate of drug-likeness (QED) is 0.784. The van der Waals surface area contributed by atoms with Crippen LogP contribution in [0.3, 0.4) is 0 Å². The summed E-state index contributed by atoms with van der Waals surface area (Å²) < 4.78 is 25.9. The first kappa shape index (κ1) is 14.4. The number of carboxylic acids is 1. The number of carbonyl (C=O) groups is 1. The average Bonchev–Trinajstić information content (AvgIpc) is 2.15. The monoisotopic (exact) mass is 263 g/mol. The molecule has 1 rings (SSSR count). The number of carboxylic acid groups (broad SMARTS) is 1. The Hall–Kier alpha value is -0.620. The highest BCUT2D eigenvalue weighted by atomic mass is 32.2. The Balaban J connectivity index is 2.62. The Morgan fingerprint density at radius 1 is 1.35 bits per heavy atom. The second kappa shape index (κ2) is 5.35. The molecule has 0 heterocycles. The van der Waals surface area contributed by atoms with Gasteiger partial charge in [0.15, 0.2) is 0 Å². The minimum absolute atomic E-state index is 0.0254. The zero-order valence-electron chi connectivity index (χ0n) is 10.4. The van der Waals surface area contributed by atoms with E-state index in [0.717, 1.165) is 32.1 Å². The van der Waals surface area contributed by atoms with Crippen molar-refractivity contribution in [1.82, 2.24) is 4.72 Å². The van der Waals surface area contributed by atoms with E-state index >= 15 is 0 Å². The number of hydrogen-bond donors (Lipinski definition) is 2. The molecule has 0 aromatic heterocycles. The predicted octanol–water partition coefficient (Wildman–Crippen LogP) is 1.35. The van der Waals surface area contributed by atoms with Crippen molar-refractivity contribution in [3.63, 3.8) is 0 Å². The highest BCUT2D eigenvalue weighted by Crippen LogP contribution is 2.36. The van der Waals surface area contributed by atoms with Gasteiger partial charge in [0, 0.05) is 0 Å². The van der Waals surface area contributed by atoms with E-state index in [9.17, 15) is 13.2 Å². The molecule has 5 nitrogen and oxygen atoms in total. The van der Waals surface area contributed by atoms with Gasteiger partial charge < -0.3 is 5.11 Å². The van der Waals surface area contributed by atoms with Gasteiger partial charge in [0.2, 0.25) is 10.0 Å². The van der Waals surface area contributed by atoms with Crippen LogP contribution in [0.2, 0.25) is 0 Å². The zero-order chi connectivity index (χ0) is 13.1. The Morgan fingerprint density at radius 2 is 1.88 bits per heavy atom. The van der Waals surface area contributed by atoms with Crippen molar-refractivity contribution < 1.29 is 18.3 Å². The first-order valence-electron chi connectivity index (χ1n) is 5.97. The summed E-state index contributed by atoms with van der Waals surface area (Å²) in [6, 6.07) is -1.06. The van der Waals surface area contributed by atoms with Crippen molar-refractivity contribution in [2.45, 2.75) is 52.0 Å². The molecule has 2 N–H and O–H groups in total. The van der Waals surface area contributed by atoms with E-state index < -0.39 is 22.0 Å². The van der Waals surface area contributed by atoms with Crippen molar-refractivity contribution in [2.24, 2.45) is 5.41 Å². The molecule has 0 spiro atoms. The van der Waals surface area contributed by atoms with Crippen LogP contribution >= 0.6 is 0 Å². The van der Waals surface area contributed by atoms with Crippen LogP contribution in [-0.2, 0) is 14.8 Å². The summed E-state index contributed by atoms with van der Waals surface area (Å²) >= 11 is 0. The van der Waals surface area contributed by atoms with Crippen molar-refractivity contribution >= 4 is 16.0 Å². The number of aliphatic carboxylic acids is 1. The molecule has 1 fully saturated rings. The maximum Gasteiger partial charge on any atom is 0.321 e. The van der Waals surface area contributed by atoms with E-state index in [-0.39, 0.29) is 11.2 Å². The summed E-state index contributed by atoms with van der Waals surface area (Å²) in [6.45, 7) is 3.31. The van der Waals surface area contributed by atoms with E-state index in [0.29, 0.717) is 0 Å². The summed E-state index contributed by atoms with van der Waals surface area (Å²) in [4.78, 5) is 10.6. The van der Waals surface area contributed by atoms with Crippen LogP contribution in [0.4, 0.5) is 0 Å². The number of nitrogens with one attached hydrogen (secondary N) is 1. The van der Waals surface area contributed by atoms with E-state index in [1.54, 1.807) is 0 Å². The van der Waals surface area contributed by atoms with Crippen molar-refractivity contribution in [3.8, 4) is 0 Å². The minimum Gasteiger partial charge on any atom is -0.480 e. The maximum absolute atomic E-state index is 11.8. The first-order chi connectivity index (χ1) is 7.74. The van der Waals surface area contributed by atoms with Gasteiger partial charge in [-0.3, -0.25) is 4.79 Å². The topological polar surface area (TPSA) is 83.5 Å². The lowest BCUT2D eigenvalue weighted by Gasteiger charge is -2.33. The Kier molecular flexibility index (Phi) is 4.55. The van der Waals surface area contributed by atoms with Crippen LogP contribution in [0.1, 0.15) is 46.0 Å². The van der Waals surface area contributed by atoms with Gasteiger partial charge in [-0.15, -0.1) is 0 Å². The third-order valence-corrected chi connectivity index (χ3v) is 5.12. The fourth-order valence-corrected chi connectivity index (χ4v) is 4.30. The molecule has 1 saturated carbocycles. The summed E-state index contributed by atoms with van der Waals surface area (Å²) in [5.74, 6) is -1.13. The molecule has 1 atom stereocenters. The van der Waals surface area contributed by atoms with Crippen molar-refractivity contribution in [2.75, 3.05) is 5.75 Å². The molecule has 6 heteroatoms. The lowest BCUT2D eigenvalue weighted by molar-refractivity contribution is -0.138. The molecule has 0 aliphatic heterocycles. The normalized spacial score (nSPS) is 22.0. The summed E-state index contributed by atoms with van der Waals surface area (Å²) in [5.41, 5.74) is -0.206. The molecule has 0 aromatic carbocycles. The van der Waals surface area contributed by atoms with Gasteiger partial charge in [0.25, 0.3) is 0 Å². The summed E-state index contributed by atoms with van der Waals surface area (Å²) in [5, 5.41) is 8.69. The summed E-state index contributed by atoms with van der Waals surface area (Å²) in [7, 11) is -3.51. The highest BCUT2D eigenvalue weighted by molar-refractivity contribution is 7.89. The zero-order valence-corrected chi connectivity index (χ0v) is 11.2. The smallest absolute Gasteiger partial charge is 0.321 e. The van der Waals surface area contributed by atoms with Gasteiger partial charge in [0.05, 0.1) is 5.75 Å². The molecular weight excluding hydrogens is 242 g/mol. The van der Waals surface area contributed by atoms with Crippen LogP contribution in [0.5, 0.6) is 0 Å². The molecule has 0 saturated heterocycles. The third-order valence-electron chi connectivity index (χ3n) is 3.33. The second-order valence-corrected chi connectivity index (χ2v) is 7.06. The van der Waals surface area contributed by atoms with Crippen LogP contribution < -0.4 is 4.72 Å². The number of rotatable bonds is 5. The van der Waals surface area contributed by atoms with E-state index in [1.165, 1.54) is 6.92 Å². The van der Waals surface area contributed by atoms with Crippen LogP contribution in [0, 0.1) is 5.41 Å². The van der Waals surface area contributed by atoms with E-state index in [1.807, 2.05) is 6.92 Å². The van der Waals surface area contributed by atoms with Gasteiger partial charge in [0.1, 0.15) is 6.04 Å². The molecule has 0 bridgehead atoms. The molecule has 0 radical (unpaired) electrons. The largest absolute Gasteiger partial charge is 0.480 e. The molecule has 17 heavy (non-hydrogen) atoms. The minimum atomic E-state index is -3.51. The Morgan fingerprint density at radius 3 is 2.35 bits per heavy atom. The standard InChI is InChI=1S/C11H21NO4S/c1-9(10(13)14)12-17(15,16)8-11(2)6-4-3-5-7-11/h9,12H,3-8H2,1-2H3,(H,13,14). The molecule has 1 aliphatic rings. The molecule has 100 valence electrons. The summed E-state index contributed by atoms with van der Waals surface area (Å²) in [6.07, 6.45) is 5.07. The van der Waals surface area contributed by atoms with Crippen LogP contribution in [-0.4, -0.2) is 31.3 Å². The molecule has 0 amide bonds. The third kappa shape index (κ3) is 4.63.